The molecule has 2 aromatic heterocycles. The van der Waals surface area contributed by atoms with E-state index in [4.69, 9.17) is 14.5 Å². The maximum absolute atomic E-state index is 5.60. The lowest BCUT2D eigenvalue weighted by atomic mass is 9.98. The summed E-state index contributed by atoms with van der Waals surface area (Å²) in [6, 6.07) is 8.48. The van der Waals surface area contributed by atoms with Crippen LogP contribution in [0.3, 0.4) is 0 Å². The highest BCUT2D eigenvalue weighted by Crippen LogP contribution is 2.34. The summed E-state index contributed by atoms with van der Waals surface area (Å²) in [5, 5.41) is 8.71. The minimum Gasteiger partial charge on any atom is -0.356 e. The molecule has 7 heteroatoms. The van der Waals surface area contributed by atoms with Crippen LogP contribution in [0.2, 0.25) is 0 Å². The summed E-state index contributed by atoms with van der Waals surface area (Å²) in [4.78, 5) is 12.4. The minimum absolute atomic E-state index is 0.481. The average molecular weight is 491 g/mol. The third-order valence-corrected chi connectivity index (χ3v) is 8.17. The van der Waals surface area contributed by atoms with Gasteiger partial charge in [0.25, 0.3) is 0 Å². The Hall–Kier alpha value is -2.64. The Kier molecular flexibility index (Phi) is 7.02. The second kappa shape index (κ2) is 10.3. The smallest absolute Gasteiger partial charge is 0.167 e. The number of allylic oxidation sites excluding steroid dienone is 4. The third-order valence-electron chi connectivity index (χ3n) is 6.45. The molecule has 1 fully saturated rings. The van der Waals surface area contributed by atoms with Crippen LogP contribution in [0.15, 0.2) is 57.4 Å². The zero-order valence-corrected chi connectivity index (χ0v) is 21.6. The zero-order chi connectivity index (χ0) is 23.5. The molecule has 1 aliphatic carbocycles. The number of hydrogen-bond donors (Lipinski definition) is 0. The van der Waals surface area contributed by atoms with Crippen molar-refractivity contribution >= 4 is 39.5 Å². The van der Waals surface area contributed by atoms with E-state index in [1.54, 1.807) is 23.1 Å². The van der Waals surface area contributed by atoms with Gasteiger partial charge in [0, 0.05) is 36.0 Å². The van der Waals surface area contributed by atoms with E-state index in [0.717, 1.165) is 72.3 Å². The molecule has 0 spiro atoms. The molecule has 0 unspecified atom stereocenters. The quantitative estimate of drug-likeness (QED) is 0.282. The Bertz CT molecular complexity index is 1250. The van der Waals surface area contributed by atoms with Crippen LogP contribution >= 0.6 is 23.1 Å². The minimum atomic E-state index is 0.481. The van der Waals surface area contributed by atoms with Crippen LogP contribution in [0.25, 0.3) is 17.0 Å². The van der Waals surface area contributed by atoms with Crippen LogP contribution in [0, 0.1) is 13.8 Å². The van der Waals surface area contributed by atoms with E-state index in [9.17, 15) is 0 Å². The largest absolute Gasteiger partial charge is 0.356 e. The molecule has 0 bridgehead atoms. The van der Waals surface area contributed by atoms with Crippen molar-refractivity contribution in [2.75, 3.05) is 19.3 Å². The molecule has 5 rings (SSSR count). The summed E-state index contributed by atoms with van der Waals surface area (Å²) >= 11 is 3.48. The lowest BCUT2D eigenvalue weighted by Gasteiger charge is -2.32. The molecule has 5 nitrogen and oxygen atoms in total. The van der Waals surface area contributed by atoms with Crippen molar-refractivity contribution in [3.05, 3.63) is 69.8 Å². The monoisotopic (exact) mass is 490 g/mol. The van der Waals surface area contributed by atoms with Crippen LogP contribution in [0.4, 0.5) is 5.69 Å². The van der Waals surface area contributed by atoms with Gasteiger partial charge in [-0.3, -0.25) is 0 Å². The van der Waals surface area contributed by atoms with Gasteiger partial charge in [-0.25, -0.2) is 9.98 Å². The summed E-state index contributed by atoms with van der Waals surface area (Å²) in [6.45, 7) is 6.25. The highest BCUT2D eigenvalue weighted by molar-refractivity contribution is 8.13. The van der Waals surface area contributed by atoms with E-state index >= 15 is 0 Å². The number of aryl methyl sites for hydroxylation is 2. The summed E-state index contributed by atoms with van der Waals surface area (Å²) < 4.78 is 5.60. The summed E-state index contributed by atoms with van der Waals surface area (Å²) in [5.74, 6) is 1.30. The molecule has 2 aliphatic rings. The first-order valence-electron chi connectivity index (χ1n) is 11.8. The van der Waals surface area contributed by atoms with Crippen molar-refractivity contribution in [1.82, 2.24) is 15.0 Å². The number of likely N-dealkylation sites (tertiary alicyclic amines) is 1. The van der Waals surface area contributed by atoms with Crippen molar-refractivity contribution in [3.8, 4) is 11.4 Å². The predicted molar refractivity (Wildman–Crippen MR) is 144 cm³/mol. The Morgan fingerprint density at radius 1 is 1.15 bits per heavy atom. The first-order valence-corrected chi connectivity index (χ1v) is 14.0. The fraction of sp³-hybridized carbons (Fsp3) is 0.370. The fourth-order valence-corrected chi connectivity index (χ4v) is 6.04. The SMILES string of the molecule is CSC(=Nc1cc(C)ccc1C)N1CCC(c2nc(-c3cc(C4=CCCC=C4)on3)cs2)CC1. The van der Waals surface area contributed by atoms with Gasteiger partial charge in [0.15, 0.2) is 10.9 Å². The maximum atomic E-state index is 5.60. The van der Waals surface area contributed by atoms with Gasteiger partial charge in [-0.15, -0.1) is 11.3 Å². The average Bonchev–Trinajstić information content (AvgIpc) is 3.55. The molecule has 0 amide bonds. The molecular formula is C27H30N4OS2. The zero-order valence-electron chi connectivity index (χ0n) is 20.0. The first-order chi connectivity index (χ1) is 16.6. The van der Waals surface area contributed by atoms with E-state index in [1.165, 1.54) is 16.1 Å². The van der Waals surface area contributed by atoms with Gasteiger partial charge in [-0.1, -0.05) is 47.3 Å². The molecule has 0 radical (unpaired) electrons. The summed E-state index contributed by atoms with van der Waals surface area (Å²) in [7, 11) is 0. The Labute approximate surface area is 209 Å². The molecule has 0 atom stereocenters. The van der Waals surface area contributed by atoms with E-state index < -0.39 is 0 Å². The number of hydrogen-bond acceptors (Lipinski definition) is 6. The van der Waals surface area contributed by atoms with Crippen molar-refractivity contribution < 1.29 is 4.52 Å². The number of nitrogens with zero attached hydrogens (tertiary/aromatic N) is 4. The number of aromatic nitrogens is 2. The highest BCUT2D eigenvalue weighted by Gasteiger charge is 2.25. The second-order valence-corrected chi connectivity index (χ2v) is 10.6. The third kappa shape index (κ3) is 5.05. The molecular weight excluding hydrogens is 460 g/mol. The van der Waals surface area contributed by atoms with Crippen molar-refractivity contribution in [3.63, 3.8) is 0 Å². The molecule has 0 saturated carbocycles. The van der Waals surface area contributed by atoms with Crippen LogP contribution in [-0.2, 0) is 0 Å². The standard InChI is InChI=1S/C27H30N4OS2/c1-18-9-10-19(2)22(15-18)29-27(33-3)31-13-11-21(12-14-31)26-28-24(17-34-26)23-16-25(32-30-23)20-7-5-4-6-8-20/h5,7-10,15-17,21H,4,6,11-14H2,1-3H3. The molecule has 1 aromatic carbocycles. The van der Waals surface area contributed by atoms with E-state index in [2.05, 4.69) is 72.0 Å². The summed E-state index contributed by atoms with van der Waals surface area (Å²) in [6.07, 6.45) is 12.9. The van der Waals surface area contributed by atoms with Crippen LogP contribution in [0.1, 0.15) is 53.5 Å². The Balaban J connectivity index is 1.25. The number of aliphatic imine (C=N–C) groups is 1. The van der Waals surface area contributed by atoms with Gasteiger partial charge in [0.05, 0.1) is 10.7 Å². The predicted octanol–water partition coefficient (Wildman–Crippen LogP) is 7.38. The van der Waals surface area contributed by atoms with Crippen LogP contribution in [0.5, 0.6) is 0 Å². The first kappa shape index (κ1) is 23.1. The van der Waals surface area contributed by atoms with Gasteiger partial charge < -0.3 is 9.42 Å². The lowest BCUT2D eigenvalue weighted by molar-refractivity contribution is 0.317. The van der Waals surface area contributed by atoms with Gasteiger partial charge in [0.2, 0.25) is 0 Å². The molecule has 0 N–H and O–H groups in total. The second-order valence-electron chi connectivity index (χ2n) is 8.94. The number of rotatable bonds is 4. The number of thioether (sulfide) groups is 1. The van der Waals surface area contributed by atoms with Crippen LogP contribution < -0.4 is 0 Å². The van der Waals surface area contributed by atoms with E-state index in [0.29, 0.717) is 5.92 Å². The van der Waals surface area contributed by atoms with Gasteiger partial charge >= 0.3 is 0 Å². The molecule has 176 valence electrons. The lowest BCUT2D eigenvalue weighted by Crippen LogP contribution is -2.36. The Morgan fingerprint density at radius 2 is 2.00 bits per heavy atom. The van der Waals surface area contributed by atoms with Gasteiger partial charge in [-0.2, -0.15) is 0 Å². The van der Waals surface area contributed by atoms with Crippen LogP contribution in [-0.4, -0.2) is 39.6 Å². The van der Waals surface area contributed by atoms with E-state index in [-0.39, 0.29) is 0 Å². The molecule has 1 aliphatic heterocycles. The Morgan fingerprint density at radius 3 is 2.76 bits per heavy atom. The van der Waals surface area contributed by atoms with Crippen molar-refractivity contribution in [1.29, 1.82) is 0 Å². The number of benzene rings is 1. The molecule has 3 heterocycles. The van der Waals surface area contributed by atoms with Crippen molar-refractivity contribution in [2.24, 2.45) is 4.99 Å². The van der Waals surface area contributed by atoms with Crippen molar-refractivity contribution in [2.45, 2.75) is 45.4 Å². The topological polar surface area (TPSA) is 54.5 Å². The highest BCUT2D eigenvalue weighted by atomic mass is 32.2. The van der Waals surface area contributed by atoms with Gasteiger partial charge in [-0.05, 0) is 63.0 Å². The number of piperidine rings is 1. The van der Waals surface area contributed by atoms with E-state index in [1.807, 2.05) is 6.07 Å². The number of amidine groups is 1. The summed E-state index contributed by atoms with van der Waals surface area (Å²) in [5.41, 5.74) is 6.38. The maximum Gasteiger partial charge on any atom is 0.167 e. The molecule has 1 saturated heterocycles. The molecule has 3 aromatic rings. The molecule has 34 heavy (non-hydrogen) atoms. The normalized spacial score (nSPS) is 17.3. The fourth-order valence-electron chi connectivity index (χ4n) is 4.43. The number of thiazole rings is 1. The van der Waals surface area contributed by atoms with Gasteiger partial charge in [0.1, 0.15) is 11.4 Å².